The molecule has 0 saturated carbocycles. The molecule has 0 fully saturated rings. The van der Waals surface area contributed by atoms with Gasteiger partial charge in [0.25, 0.3) is 5.56 Å². The van der Waals surface area contributed by atoms with Gasteiger partial charge < -0.3 is 18.6 Å². The number of aromatic nitrogens is 2. The Balaban J connectivity index is 1.39. The summed E-state index contributed by atoms with van der Waals surface area (Å²) in [6.07, 6.45) is 0. The number of para-hydroxylation sites is 1. The quantitative estimate of drug-likeness (QED) is 0.0470. The van der Waals surface area contributed by atoms with Gasteiger partial charge >= 0.3 is 10.4 Å². The summed E-state index contributed by atoms with van der Waals surface area (Å²) in [4.78, 5) is 14.7. The minimum Gasteiger partial charge on any atom is -0.374 e. The third-order valence-electron chi connectivity index (χ3n) is 7.82. The third kappa shape index (κ3) is 9.08. The maximum atomic E-state index is 13.3. The minimum atomic E-state index is -4.76. The van der Waals surface area contributed by atoms with E-state index < -0.39 is 64.5 Å². The molecule has 17 nitrogen and oxygen atoms in total. The lowest BCUT2D eigenvalue weighted by atomic mass is 10.1. The lowest BCUT2D eigenvalue weighted by molar-refractivity contribution is 0.281. The van der Waals surface area contributed by atoms with E-state index in [1.165, 1.54) is 61.5 Å². The second-order valence-electron chi connectivity index (χ2n) is 11.4. The van der Waals surface area contributed by atoms with Crippen LogP contribution in [0.15, 0.2) is 115 Å². The van der Waals surface area contributed by atoms with Crippen molar-refractivity contribution >= 4 is 69.5 Å². The van der Waals surface area contributed by atoms with Crippen molar-refractivity contribution in [3.63, 3.8) is 0 Å². The van der Waals surface area contributed by atoms with Gasteiger partial charge in [-0.25, -0.2) is 17.3 Å². The maximum absolute atomic E-state index is 13.3. The first kappa shape index (κ1) is 39.1. The van der Waals surface area contributed by atoms with E-state index in [9.17, 15) is 44.4 Å². The van der Waals surface area contributed by atoms with E-state index in [2.05, 4.69) is 19.5 Å². The second kappa shape index (κ2) is 15.1. The van der Waals surface area contributed by atoms with Gasteiger partial charge in [0.1, 0.15) is 16.6 Å². The summed E-state index contributed by atoms with van der Waals surface area (Å²) in [5.41, 5.74) is 0.272. The zero-order valence-electron chi connectivity index (χ0n) is 27.5. The molecule has 0 aliphatic rings. The third-order valence-corrected chi connectivity index (χ3v) is 12.7. The summed E-state index contributed by atoms with van der Waals surface area (Å²) < 4.78 is 114. The Morgan fingerprint density at radius 2 is 1.46 bits per heavy atom. The van der Waals surface area contributed by atoms with E-state index in [0.717, 1.165) is 10.4 Å². The van der Waals surface area contributed by atoms with Gasteiger partial charge in [-0.2, -0.15) is 19.0 Å². The Labute approximate surface area is 301 Å². The van der Waals surface area contributed by atoms with Crippen LogP contribution >= 0.6 is 21.5 Å². The number of benzene rings is 4. The number of fused-ring (bicyclic) bond motifs is 1. The molecule has 0 aliphatic heterocycles. The Bertz CT molecular complexity index is 2390. The van der Waals surface area contributed by atoms with E-state index in [1.54, 1.807) is 7.05 Å². The molecule has 0 amide bonds. The van der Waals surface area contributed by atoms with Gasteiger partial charge in [0.05, 0.1) is 44.2 Å². The van der Waals surface area contributed by atoms with Gasteiger partial charge in [-0.15, -0.1) is 10.2 Å². The molecule has 0 atom stereocenters. The standard InChI is InChI=1S/C31H35N5O12S4/c1-21-29(31(37)36(34-21)24-9-11-25(12-10-24)50(40,41)19-17-48-52(45,46)47)33-32-28-15-8-22-20-26(13-14-27(22)30(28)51(42,43)44)49(38,39)18-16-35(2)23-6-4-3-5-7-23/h3-15,20,34,40-44H,16-19H2,1-2H3,(H,45,46,47). The molecule has 280 valence electrons. The van der Waals surface area contributed by atoms with E-state index in [-0.39, 0.29) is 55.6 Å². The molecule has 1 heterocycles. The number of anilines is 1. The molecule has 7 N–H and O–H groups in total. The van der Waals surface area contributed by atoms with Crippen LogP contribution in [0, 0.1) is 6.92 Å². The molecule has 0 radical (unpaired) electrons. The number of hydrogen-bond acceptors (Lipinski definition) is 14. The molecule has 4 aromatic carbocycles. The molecule has 21 heteroatoms. The van der Waals surface area contributed by atoms with Crippen LogP contribution in [-0.2, 0) is 24.4 Å². The molecule has 0 bridgehead atoms. The van der Waals surface area contributed by atoms with Crippen molar-refractivity contribution in [3.05, 3.63) is 101 Å². The molecule has 0 aliphatic carbocycles. The van der Waals surface area contributed by atoms with Crippen LogP contribution in [-0.4, -0.2) is 85.6 Å². The smallest absolute Gasteiger partial charge is 0.374 e. The molecule has 0 unspecified atom stereocenters. The number of H-pyrrole nitrogens is 1. The van der Waals surface area contributed by atoms with Crippen LogP contribution in [0.4, 0.5) is 17.1 Å². The van der Waals surface area contributed by atoms with Gasteiger partial charge in [0.2, 0.25) is 0 Å². The summed E-state index contributed by atoms with van der Waals surface area (Å²) in [7, 11) is -14.7. The number of azo groups is 1. The number of nitrogens with zero attached hydrogens (tertiary/aromatic N) is 4. The fourth-order valence-corrected chi connectivity index (χ4v) is 8.87. The molecule has 1 aromatic heterocycles. The van der Waals surface area contributed by atoms with Crippen LogP contribution in [0.1, 0.15) is 5.69 Å². The molecular formula is C31H35N5O12S4. The highest BCUT2D eigenvalue weighted by Gasteiger charge is 2.26. The highest BCUT2D eigenvalue weighted by molar-refractivity contribution is 8.24. The zero-order chi connectivity index (χ0) is 38.1. The minimum absolute atomic E-state index is 0.0102. The van der Waals surface area contributed by atoms with Gasteiger partial charge in [0, 0.05) is 24.7 Å². The van der Waals surface area contributed by atoms with Crippen molar-refractivity contribution in [2.75, 3.05) is 36.6 Å². The summed E-state index contributed by atoms with van der Waals surface area (Å²) in [6, 6.07) is 21.4. The van der Waals surface area contributed by atoms with Crippen molar-refractivity contribution in [2.24, 2.45) is 10.2 Å². The monoisotopic (exact) mass is 797 g/mol. The fourth-order valence-electron chi connectivity index (χ4n) is 5.14. The van der Waals surface area contributed by atoms with Crippen molar-refractivity contribution in [1.82, 2.24) is 9.78 Å². The van der Waals surface area contributed by atoms with Crippen LogP contribution in [0.2, 0.25) is 0 Å². The zero-order valence-corrected chi connectivity index (χ0v) is 30.7. The average Bonchev–Trinajstić information content (AvgIpc) is 3.37. The lowest BCUT2D eigenvalue weighted by Crippen LogP contribution is -2.25. The SMILES string of the molecule is Cc1[nH]n(-c2ccc(S(O)(O)CCOS(=O)(=O)O)cc2)c(=O)c1N=Nc1ccc2cc(S(=O)(=O)CCN(C)c3ccccc3)ccc2c1S(O)(O)O. The van der Waals surface area contributed by atoms with E-state index in [4.69, 9.17) is 4.55 Å². The van der Waals surface area contributed by atoms with Crippen molar-refractivity contribution in [3.8, 4) is 5.69 Å². The number of aryl methyl sites for hydroxylation is 1. The van der Waals surface area contributed by atoms with Crippen molar-refractivity contribution in [2.45, 2.75) is 21.6 Å². The number of nitrogens with one attached hydrogen (secondary N) is 1. The molecule has 5 aromatic rings. The van der Waals surface area contributed by atoms with Crippen LogP contribution in [0.25, 0.3) is 16.5 Å². The van der Waals surface area contributed by atoms with Crippen LogP contribution in [0.5, 0.6) is 0 Å². The highest BCUT2D eigenvalue weighted by Crippen LogP contribution is 2.52. The van der Waals surface area contributed by atoms with Crippen LogP contribution < -0.4 is 10.5 Å². The first-order valence-electron chi connectivity index (χ1n) is 15.0. The Kier molecular flexibility index (Phi) is 11.3. The van der Waals surface area contributed by atoms with Crippen LogP contribution in [0.3, 0.4) is 0 Å². The second-order valence-corrected chi connectivity index (χ2v) is 18.3. The number of rotatable bonds is 14. The molecule has 0 saturated heterocycles. The predicted octanol–water partition coefficient (Wildman–Crippen LogP) is 6.46. The summed E-state index contributed by atoms with van der Waals surface area (Å²) >= 11 is 0. The summed E-state index contributed by atoms with van der Waals surface area (Å²) in [5.74, 6) is -0.726. The summed E-state index contributed by atoms with van der Waals surface area (Å²) in [6.45, 7) is 1.04. The molecule has 5 rings (SSSR count). The maximum Gasteiger partial charge on any atom is 0.397 e. The highest BCUT2D eigenvalue weighted by atomic mass is 32.3. The van der Waals surface area contributed by atoms with Gasteiger partial charge in [-0.1, -0.05) is 30.3 Å². The Hall–Kier alpha value is -4.13. The van der Waals surface area contributed by atoms with Crippen molar-refractivity contribution < 1.29 is 48.3 Å². The Morgan fingerprint density at radius 3 is 2.10 bits per heavy atom. The number of hydrogen-bond donors (Lipinski definition) is 7. The summed E-state index contributed by atoms with van der Waals surface area (Å²) in [5, 5.41) is 11.2. The molecular weight excluding hydrogens is 763 g/mol. The average molecular weight is 798 g/mol. The Morgan fingerprint density at radius 1 is 0.808 bits per heavy atom. The number of sulfone groups is 1. The largest absolute Gasteiger partial charge is 0.397 e. The van der Waals surface area contributed by atoms with E-state index >= 15 is 0 Å². The van der Waals surface area contributed by atoms with Gasteiger partial charge in [-0.3, -0.25) is 23.6 Å². The predicted molar refractivity (Wildman–Crippen MR) is 198 cm³/mol. The first-order valence-corrected chi connectivity index (χ1v) is 21.3. The van der Waals surface area contributed by atoms with Gasteiger partial charge in [-0.05, 0) is 66.9 Å². The number of aromatic amines is 1. The lowest BCUT2D eigenvalue weighted by Gasteiger charge is -2.32. The first-order chi connectivity index (χ1) is 24.3. The van der Waals surface area contributed by atoms with E-state index in [1.807, 2.05) is 35.2 Å². The van der Waals surface area contributed by atoms with Crippen molar-refractivity contribution in [1.29, 1.82) is 0 Å². The molecule has 52 heavy (non-hydrogen) atoms. The fraction of sp³-hybridized carbons (Fsp3) is 0.194. The van der Waals surface area contributed by atoms with Gasteiger partial charge in [0.15, 0.2) is 15.5 Å². The molecule has 0 spiro atoms. The normalized spacial score (nSPS) is 13.5. The van der Waals surface area contributed by atoms with E-state index in [0.29, 0.717) is 0 Å². The topological polar surface area (TPSA) is 265 Å².